The van der Waals surface area contributed by atoms with Gasteiger partial charge in [0, 0.05) is 26.4 Å². The third-order valence-electron chi connectivity index (χ3n) is 3.39. The summed E-state index contributed by atoms with van der Waals surface area (Å²) in [5.41, 5.74) is 6.73. The van der Waals surface area contributed by atoms with Crippen molar-refractivity contribution in [1.82, 2.24) is 5.32 Å². The molecule has 6 heteroatoms. The van der Waals surface area contributed by atoms with Gasteiger partial charge in [0.25, 0.3) is 5.91 Å². The van der Waals surface area contributed by atoms with Gasteiger partial charge in [-0.2, -0.15) is 11.8 Å². The van der Waals surface area contributed by atoms with E-state index in [1.54, 1.807) is 0 Å². The second-order valence-electron chi connectivity index (χ2n) is 4.87. The Bertz CT molecular complexity index is 650. The molecule has 1 aromatic carbocycles. The molecule has 2 aromatic rings. The van der Waals surface area contributed by atoms with E-state index in [0.717, 1.165) is 26.7 Å². The van der Waals surface area contributed by atoms with Crippen LogP contribution >= 0.6 is 39.0 Å². The minimum absolute atomic E-state index is 0.0349. The molecule has 1 aliphatic heterocycles. The molecule has 1 fully saturated rings. The number of thioether (sulfide) groups is 1. The van der Waals surface area contributed by atoms with Gasteiger partial charge in [-0.25, -0.2) is 0 Å². The smallest absolute Gasteiger partial charge is 0.263 e. The molecule has 3 rings (SSSR count). The molecular weight excluding hydrogens is 356 g/mol. The first-order chi connectivity index (χ1) is 9.65. The molecule has 2 heterocycles. The average Bonchev–Trinajstić information content (AvgIpc) is 2.77. The minimum atomic E-state index is -0.0349. The topological polar surface area (TPSA) is 55.1 Å². The number of halogens is 1. The summed E-state index contributed by atoms with van der Waals surface area (Å²) in [6.07, 6.45) is 2.24. The summed E-state index contributed by atoms with van der Waals surface area (Å²) in [5, 5.41) is 4.06. The normalized spacial score (nSPS) is 19.1. The number of nitrogen functional groups attached to an aromatic ring is 1. The van der Waals surface area contributed by atoms with E-state index in [2.05, 4.69) is 21.2 Å². The van der Waals surface area contributed by atoms with Crippen LogP contribution in [0.4, 0.5) is 5.69 Å². The Morgan fingerprint density at radius 1 is 1.45 bits per heavy atom. The Labute approximate surface area is 134 Å². The van der Waals surface area contributed by atoms with Crippen molar-refractivity contribution in [3.63, 3.8) is 0 Å². The van der Waals surface area contributed by atoms with Crippen LogP contribution in [0.5, 0.6) is 0 Å². The van der Waals surface area contributed by atoms with Gasteiger partial charge < -0.3 is 11.1 Å². The van der Waals surface area contributed by atoms with Crippen molar-refractivity contribution in [3.05, 3.63) is 27.5 Å². The number of hydrogen-bond acceptors (Lipinski definition) is 4. The van der Waals surface area contributed by atoms with Crippen molar-refractivity contribution in [2.24, 2.45) is 0 Å². The van der Waals surface area contributed by atoms with E-state index < -0.39 is 0 Å². The van der Waals surface area contributed by atoms with Crippen molar-refractivity contribution < 1.29 is 4.79 Å². The summed E-state index contributed by atoms with van der Waals surface area (Å²) in [4.78, 5) is 13.0. The van der Waals surface area contributed by atoms with E-state index in [1.807, 2.05) is 30.0 Å². The number of benzene rings is 1. The molecule has 1 atom stereocenters. The van der Waals surface area contributed by atoms with E-state index in [9.17, 15) is 4.79 Å². The maximum atomic E-state index is 12.4. The number of fused-ring (bicyclic) bond motifs is 1. The standard InChI is InChI=1S/C14H15BrN2OS2/c15-8-3-4-11-10(6-8)12(16)13(20-11)14(18)17-9-2-1-5-19-7-9/h3-4,6,9H,1-2,5,7,16H2,(H,17,18). The molecule has 1 aliphatic rings. The number of amides is 1. The first kappa shape index (κ1) is 14.2. The van der Waals surface area contributed by atoms with Gasteiger partial charge in [0.05, 0.1) is 5.69 Å². The van der Waals surface area contributed by atoms with Crippen LogP contribution in [-0.4, -0.2) is 23.5 Å². The highest BCUT2D eigenvalue weighted by Crippen LogP contribution is 2.35. The molecule has 3 N–H and O–H groups in total. The van der Waals surface area contributed by atoms with E-state index >= 15 is 0 Å². The van der Waals surface area contributed by atoms with Crippen LogP contribution < -0.4 is 11.1 Å². The number of nitrogens with two attached hydrogens (primary N) is 1. The van der Waals surface area contributed by atoms with Crippen LogP contribution in [-0.2, 0) is 0 Å². The molecular formula is C14H15BrN2OS2. The summed E-state index contributed by atoms with van der Waals surface area (Å²) in [7, 11) is 0. The van der Waals surface area contributed by atoms with Crippen LogP contribution in [0.1, 0.15) is 22.5 Å². The van der Waals surface area contributed by atoms with Gasteiger partial charge in [-0.3, -0.25) is 4.79 Å². The Hall–Kier alpha value is -0.720. The number of carbonyl (C=O) groups is 1. The maximum Gasteiger partial charge on any atom is 0.263 e. The third kappa shape index (κ3) is 2.82. The van der Waals surface area contributed by atoms with Crippen molar-refractivity contribution in [2.75, 3.05) is 17.2 Å². The van der Waals surface area contributed by atoms with Gasteiger partial charge in [0.15, 0.2) is 0 Å². The van der Waals surface area contributed by atoms with E-state index in [-0.39, 0.29) is 11.9 Å². The van der Waals surface area contributed by atoms with Gasteiger partial charge in [-0.15, -0.1) is 11.3 Å². The Balaban J connectivity index is 1.85. The number of hydrogen-bond donors (Lipinski definition) is 2. The summed E-state index contributed by atoms with van der Waals surface area (Å²) in [6.45, 7) is 0. The first-order valence-electron chi connectivity index (χ1n) is 6.51. The number of carbonyl (C=O) groups excluding carboxylic acids is 1. The molecule has 3 nitrogen and oxygen atoms in total. The summed E-state index contributed by atoms with van der Waals surface area (Å²) < 4.78 is 2.03. The number of nitrogens with one attached hydrogen (secondary N) is 1. The zero-order chi connectivity index (χ0) is 14.1. The van der Waals surface area contributed by atoms with Gasteiger partial charge in [0.1, 0.15) is 4.88 Å². The quantitative estimate of drug-likeness (QED) is 0.843. The van der Waals surface area contributed by atoms with Crippen LogP contribution in [0, 0.1) is 0 Å². The second kappa shape index (κ2) is 5.95. The van der Waals surface area contributed by atoms with Crippen molar-refractivity contribution >= 4 is 60.7 Å². The highest BCUT2D eigenvalue weighted by Gasteiger charge is 2.21. The van der Waals surface area contributed by atoms with Crippen LogP contribution in [0.2, 0.25) is 0 Å². The SMILES string of the molecule is Nc1c(C(=O)NC2CCCSC2)sc2ccc(Br)cc12. The zero-order valence-corrected chi connectivity index (χ0v) is 14.0. The van der Waals surface area contributed by atoms with Crippen molar-refractivity contribution in [1.29, 1.82) is 0 Å². The van der Waals surface area contributed by atoms with Crippen LogP contribution in [0.3, 0.4) is 0 Å². The molecule has 0 spiro atoms. The Kier molecular flexibility index (Phi) is 4.23. The van der Waals surface area contributed by atoms with Crippen LogP contribution in [0.25, 0.3) is 10.1 Å². The molecule has 20 heavy (non-hydrogen) atoms. The molecule has 106 valence electrons. The van der Waals surface area contributed by atoms with E-state index in [4.69, 9.17) is 5.73 Å². The fourth-order valence-corrected chi connectivity index (χ4v) is 4.80. The summed E-state index contributed by atoms with van der Waals surface area (Å²) in [5.74, 6) is 2.17. The average molecular weight is 371 g/mol. The fourth-order valence-electron chi connectivity index (χ4n) is 2.36. The number of anilines is 1. The summed E-state index contributed by atoms with van der Waals surface area (Å²) >= 11 is 6.81. The highest BCUT2D eigenvalue weighted by molar-refractivity contribution is 9.10. The third-order valence-corrected chi connectivity index (χ3v) is 6.28. The molecule has 1 unspecified atom stereocenters. The lowest BCUT2D eigenvalue weighted by molar-refractivity contribution is 0.0943. The van der Waals surface area contributed by atoms with Gasteiger partial charge in [-0.1, -0.05) is 15.9 Å². The van der Waals surface area contributed by atoms with Gasteiger partial charge >= 0.3 is 0 Å². The molecule has 0 saturated carbocycles. The first-order valence-corrected chi connectivity index (χ1v) is 9.27. The molecule has 1 aromatic heterocycles. The molecule has 0 radical (unpaired) electrons. The second-order valence-corrected chi connectivity index (χ2v) is 7.99. The monoisotopic (exact) mass is 370 g/mol. The lowest BCUT2D eigenvalue weighted by atomic mass is 10.1. The predicted molar refractivity (Wildman–Crippen MR) is 91.8 cm³/mol. The molecule has 1 saturated heterocycles. The molecule has 1 amide bonds. The lowest BCUT2D eigenvalue weighted by Crippen LogP contribution is -2.38. The van der Waals surface area contributed by atoms with Gasteiger partial charge in [0.2, 0.25) is 0 Å². The van der Waals surface area contributed by atoms with E-state index in [1.165, 1.54) is 23.5 Å². The fraction of sp³-hybridized carbons (Fsp3) is 0.357. The van der Waals surface area contributed by atoms with Gasteiger partial charge in [-0.05, 0) is 36.8 Å². The largest absolute Gasteiger partial charge is 0.397 e. The molecule has 0 aliphatic carbocycles. The lowest BCUT2D eigenvalue weighted by Gasteiger charge is -2.22. The molecule has 0 bridgehead atoms. The highest BCUT2D eigenvalue weighted by atomic mass is 79.9. The predicted octanol–water partition coefficient (Wildman–Crippen LogP) is 3.87. The van der Waals surface area contributed by atoms with Crippen molar-refractivity contribution in [2.45, 2.75) is 18.9 Å². The van der Waals surface area contributed by atoms with Crippen molar-refractivity contribution in [3.8, 4) is 0 Å². The Morgan fingerprint density at radius 3 is 3.05 bits per heavy atom. The number of thiophene rings is 1. The van der Waals surface area contributed by atoms with Crippen LogP contribution in [0.15, 0.2) is 22.7 Å². The number of rotatable bonds is 2. The Morgan fingerprint density at radius 2 is 2.30 bits per heavy atom. The zero-order valence-electron chi connectivity index (χ0n) is 10.8. The maximum absolute atomic E-state index is 12.4. The minimum Gasteiger partial charge on any atom is -0.397 e. The summed E-state index contributed by atoms with van der Waals surface area (Å²) in [6, 6.07) is 6.21. The van der Waals surface area contributed by atoms with E-state index in [0.29, 0.717) is 10.6 Å².